The van der Waals surface area contributed by atoms with Crippen LogP contribution >= 0.6 is 0 Å². The summed E-state index contributed by atoms with van der Waals surface area (Å²) in [5.74, 6) is 2.55. The molecule has 0 radical (unpaired) electrons. The molecule has 0 aromatic carbocycles. The highest BCUT2D eigenvalue weighted by atomic mass is 16.5. The molecule has 0 saturated carbocycles. The third kappa shape index (κ3) is 3.88. The zero-order valence-electron chi connectivity index (χ0n) is 15.6. The van der Waals surface area contributed by atoms with E-state index in [1.165, 1.54) is 6.33 Å². The van der Waals surface area contributed by atoms with E-state index in [-0.39, 0.29) is 12.1 Å². The smallest absolute Gasteiger partial charge is 0.229 e. The average Bonchev–Trinajstić information content (AvgIpc) is 2.62. The minimum absolute atomic E-state index is 0.182. The molecule has 1 aliphatic heterocycles. The molecule has 140 valence electrons. The van der Waals surface area contributed by atoms with Crippen molar-refractivity contribution in [1.82, 2.24) is 24.9 Å². The van der Waals surface area contributed by atoms with E-state index in [1.807, 2.05) is 6.07 Å². The molecule has 3 heterocycles. The summed E-state index contributed by atoms with van der Waals surface area (Å²) in [6.45, 7) is 7.85. The number of hydrogen-bond acceptors (Lipinski definition) is 9. The number of ether oxygens (including phenoxy) is 1. The Bertz CT molecular complexity index is 731. The maximum absolute atomic E-state index is 9.73. The lowest BCUT2D eigenvalue weighted by Crippen LogP contribution is -2.58. The predicted octanol–water partition coefficient (Wildman–Crippen LogP) is 0.965. The van der Waals surface area contributed by atoms with Crippen LogP contribution in [0.25, 0.3) is 0 Å². The lowest BCUT2D eigenvalue weighted by atomic mass is 10.1. The molecule has 1 N–H and O–H groups in total. The zero-order chi connectivity index (χ0) is 18.7. The maximum atomic E-state index is 9.73. The second kappa shape index (κ2) is 7.88. The molecule has 2 aromatic rings. The zero-order valence-corrected chi connectivity index (χ0v) is 15.6. The molecule has 3 unspecified atom stereocenters. The first-order valence-electron chi connectivity index (χ1n) is 8.70. The highest BCUT2D eigenvalue weighted by Crippen LogP contribution is 2.24. The second-order valence-corrected chi connectivity index (χ2v) is 6.59. The molecule has 3 rings (SSSR count). The molecule has 1 fully saturated rings. The van der Waals surface area contributed by atoms with Crippen LogP contribution < -0.4 is 9.80 Å². The largest absolute Gasteiger partial charge is 0.385 e. The fourth-order valence-electron chi connectivity index (χ4n) is 3.29. The molecule has 1 aliphatic rings. The van der Waals surface area contributed by atoms with Crippen molar-refractivity contribution in [1.29, 1.82) is 0 Å². The van der Waals surface area contributed by atoms with Crippen molar-refractivity contribution >= 4 is 11.8 Å². The van der Waals surface area contributed by atoms with Crippen LogP contribution in [0.4, 0.5) is 11.8 Å². The summed E-state index contributed by atoms with van der Waals surface area (Å²) in [5.41, 5.74) is 0. The van der Waals surface area contributed by atoms with E-state index in [4.69, 9.17) is 4.74 Å². The Morgan fingerprint density at radius 2 is 1.92 bits per heavy atom. The first-order valence-corrected chi connectivity index (χ1v) is 8.70. The van der Waals surface area contributed by atoms with Crippen LogP contribution in [0.3, 0.4) is 0 Å². The first-order chi connectivity index (χ1) is 12.5. The van der Waals surface area contributed by atoms with Crippen molar-refractivity contribution in [3.05, 3.63) is 30.2 Å². The van der Waals surface area contributed by atoms with Gasteiger partial charge in [0, 0.05) is 38.5 Å². The standard InChI is InChI=1S/C17H25N7O2/c1-11-7-23(15-5-6-18-16(22-15)13(3)25)8-12(2)24(11)17-20-10-19-14(21-17)9-26-4/h5-6,10-13,25H,7-9H2,1-4H3. The molecule has 1 saturated heterocycles. The number of rotatable bonds is 5. The quantitative estimate of drug-likeness (QED) is 0.836. The highest BCUT2D eigenvalue weighted by molar-refractivity contribution is 5.44. The molecule has 9 heteroatoms. The molecule has 0 aliphatic carbocycles. The lowest BCUT2D eigenvalue weighted by Gasteiger charge is -2.44. The number of anilines is 2. The van der Waals surface area contributed by atoms with E-state index in [9.17, 15) is 5.11 Å². The van der Waals surface area contributed by atoms with Gasteiger partial charge in [0.15, 0.2) is 11.6 Å². The van der Waals surface area contributed by atoms with Crippen LogP contribution in [0.5, 0.6) is 0 Å². The van der Waals surface area contributed by atoms with Crippen LogP contribution in [-0.4, -0.2) is 62.3 Å². The average molecular weight is 359 g/mol. The Morgan fingerprint density at radius 1 is 1.19 bits per heavy atom. The summed E-state index contributed by atoms with van der Waals surface area (Å²) in [4.78, 5) is 26.0. The van der Waals surface area contributed by atoms with Gasteiger partial charge in [0.2, 0.25) is 5.95 Å². The van der Waals surface area contributed by atoms with Gasteiger partial charge in [-0.2, -0.15) is 4.98 Å². The van der Waals surface area contributed by atoms with Crippen LogP contribution in [-0.2, 0) is 11.3 Å². The SMILES string of the molecule is COCc1ncnc(N2C(C)CN(c3ccnc(C(C)O)n3)CC2C)n1. The molecule has 26 heavy (non-hydrogen) atoms. The molecule has 3 atom stereocenters. The van der Waals surface area contributed by atoms with Crippen molar-refractivity contribution in [2.24, 2.45) is 0 Å². The molecule has 9 nitrogen and oxygen atoms in total. The van der Waals surface area contributed by atoms with Gasteiger partial charge in [0.25, 0.3) is 0 Å². The fraction of sp³-hybridized carbons (Fsp3) is 0.588. The molecule has 0 amide bonds. The normalized spacial score (nSPS) is 21.7. The topological polar surface area (TPSA) is 100 Å². The van der Waals surface area contributed by atoms with Gasteiger partial charge in [-0.15, -0.1) is 0 Å². The molecule has 0 bridgehead atoms. The van der Waals surface area contributed by atoms with Crippen LogP contribution in [0.15, 0.2) is 18.6 Å². The van der Waals surface area contributed by atoms with Crippen molar-refractivity contribution in [2.75, 3.05) is 30.0 Å². The van der Waals surface area contributed by atoms with Gasteiger partial charge in [-0.25, -0.2) is 19.9 Å². The first kappa shape index (κ1) is 18.4. The number of aromatic nitrogens is 5. The number of aliphatic hydroxyl groups is 1. The Morgan fingerprint density at radius 3 is 2.58 bits per heavy atom. The van der Waals surface area contributed by atoms with Gasteiger partial charge < -0.3 is 19.6 Å². The van der Waals surface area contributed by atoms with E-state index in [2.05, 4.69) is 48.6 Å². The van der Waals surface area contributed by atoms with Crippen LogP contribution in [0.1, 0.15) is 38.5 Å². The van der Waals surface area contributed by atoms with Gasteiger partial charge >= 0.3 is 0 Å². The van der Waals surface area contributed by atoms with E-state index in [0.29, 0.717) is 24.2 Å². The number of methoxy groups -OCH3 is 1. The third-order valence-electron chi connectivity index (χ3n) is 4.39. The van der Waals surface area contributed by atoms with Crippen molar-refractivity contribution < 1.29 is 9.84 Å². The number of piperazine rings is 1. The Labute approximate surface area is 153 Å². The molecular formula is C17H25N7O2. The van der Waals surface area contributed by atoms with E-state index in [1.54, 1.807) is 20.2 Å². The summed E-state index contributed by atoms with van der Waals surface area (Å²) >= 11 is 0. The summed E-state index contributed by atoms with van der Waals surface area (Å²) in [7, 11) is 1.62. The van der Waals surface area contributed by atoms with Crippen molar-refractivity contribution in [3.8, 4) is 0 Å². The maximum Gasteiger partial charge on any atom is 0.229 e. The van der Waals surface area contributed by atoms with E-state index < -0.39 is 6.10 Å². The minimum atomic E-state index is -0.685. The summed E-state index contributed by atoms with van der Waals surface area (Å²) in [6, 6.07) is 2.24. The van der Waals surface area contributed by atoms with Gasteiger partial charge in [-0.1, -0.05) is 0 Å². The Hall–Kier alpha value is -2.39. The van der Waals surface area contributed by atoms with E-state index >= 15 is 0 Å². The van der Waals surface area contributed by atoms with Gasteiger partial charge in [0.1, 0.15) is 24.9 Å². The number of nitrogens with zero attached hydrogens (tertiary/aromatic N) is 7. The Balaban J connectivity index is 1.79. The second-order valence-electron chi connectivity index (χ2n) is 6.59. The van der Waals surface area contributed by atoms with Gasteiger partial charge in [-0.05, 0) is 26.8 Å². The highest BCUT2D eigenvalue weighted by Gasteiger charge is 2.32. The lowest BCUT2D eigenvalue weighted by molar-refractivity contribution is 0.177. The fourth-order valence-corrected chi connectivity index (χ4v) is 3.29. The third-order valence-corrected chi connectivity index (χ3v) is 4.39. The summed E-state index contributed by atoms with van der Waals surface area (Å²) < 4.78 is 5.12. The number of aliphatic hydroxyl groups excluding tert-OH is 1. The van der Waals surface area contributed by atoms with Gasteiger partial charge in [0.05, 0.1) is 0 Å². The van der Waals surface area contributed by atoms with E-state index in [0.717, 1.165) is 18.9 Å². The van der Waals surface area contributed by atoms with Crippen LogP contribution in [0, 0.1) is 0 Å². The van der Waals surface area contributed by atoms with Crippen molar-refractivity contribution in [3.63, 3.8) is 0 Å². The molecule has 2 aromatic heterocycles. The Kier molecular flexibility index (Phi) is 5.58. The number of hydrogen-bond donors (Lipinski definition) is 1. The van der Waals surface area contributed by atoms with Gasteiger partial charge in [-0.3, -0.25) is 0 Å². The summed E-state index contributed by atoms with van der Waals surface area (Å²) in [5, 5.41) is 9.73. The predicted molar refractivity (Wildman–Crippen MR) is 96.8 cm³/mol. The minimum Gasteiger partial charge on any atom is -0.385 e. The van der Waals surface area contributed by atoms with Crippen LogP contribution in [0.2, 0.25) is 0 Å². The summed E-state index contributed by atoms with van der Waals surface area (Å²) in [6.07, 6.45) is 2.53. The molecular weight excluding hydrogens is 334 g/mol. The molecule has 0 spiro atoms. The van der Waals surface area contributed by atoms with Crippen molar-refractivity contribution in [2.45, 2.75) is 45.6 Å². The monoisotopic (exact) mass is 359 g/mol.